The number of carbonyl (C=O) groups is 1. The van der Waals surface area contributed by atoms with Crippen molar-refractivity contribution in [3.8, 4) is 0 Å². The summed E-state index contributed by atoms with van der Waals surface area (Å²) in [7, 11) is -3.66. The predicted octanol–water partition coefficient (Wildman–Crippen LogP) is 3.62. The normalized spacial score (nSPS) is 15.7. The average Bonchev–Trinajstić information content (AvgIpc) is 2.88. The first kappa shape index (κ1) is 19.9. The molecule has 0 saturated heterocycles. The summed E-state index contributed by atoms with van der Waals surface area (Å²) in [5.74, 6) is 0.903. The maximum atomic E-state index is 12.8. The zero-order valence-corrected chi connectivity index (χ0v) is 17.1. The molecule has 0 saturated carbocycles. The number of rotatable bonds is 5. The summed E-state index contributed by atoms with van der Waals surface area (Å²) in [6, 6.07) is 14.8. The molecule has 1 atom stereocenters. The van der Waals surface area contributed by atoms with Crippen molar-refractivity contribution in [1.29, 1.82) is 0 Å². The largest absolute Gasteiger partial charge is 0.311 e. The third kappa shape index (κ3) is 4.72. The van der Waals surface area contributed by atoms with Gasteiger partial charge in [-0.15, -0.1) is 11.8 Å². The molecule has 0 unspecified atom stereocenters. The molecule has 7 heteroatoms. The Bertz CT molecular complexity index is 914. The Balaban J connectivity index is 1.81. The van der Waals surface area contributed by atoms with Gasteiger partial charge >= 0.3 is 0 Å². The molecule has 0 aliphatic carbocycles. The lowest BCUT2D eigenvalue weighted by Gasteiger charge is -2.21. The van der Waals surface area contributed by atoms with Crippen molar-refractivity contribution >= 4 is 33.4 Å². The molecule has 0 bridgehead atoms. The second kappa shape index (κ2) is 8.46. The molecular formula is C20H24N2O3S2. The molecule has 1 aliphatic rings. The van der Waals surface area contributed by atoms with Crippen LogP contribution in [0.1, 0.15) is 31.7 Å². The zero-order valence-electron chi connectivity index (χ0n) is 15.5. The van der Waals surface area contributed by atoms with Crippen molar-refractivity contribution < 1.29 is 13.2 Å². The first-order chi connectivity index (χ1) is 12.9. The first-order valence-corrected chi connectivity index (χ1v) is 11.4. The molecule has 1 aliphatic heterocycles. The number of hydrogen-bond donors (Lipinski definition) is 1. The van der Waals surface area contributed by atoms with Gasteiger partial charge in [0.1, 0.15) is 0 Å². The average molecular weight is 405 g/mol. The fraction of sp³-hybridized carbons (Fsp3) is 0.350. The van der Waals surface area contributed by atoms with Crippen LogP contribution in [0.3, 0.4) is 0 Å². The number of benzene rings is 2. The molecule has 0 radical (unpaired) electrons. The van der Waals surface area contributed by atoms with E-state index in [1.807, 2.05) is 37.3 Å². The number of fused-ring (bicyclic) bond motifs is 1. The Hall–Kier alpha value is -1.83. The van der Waals surface area contributed by atoms with E-state index >= 15 is 0 Å². The van der Waals surface area contributed by atoms with Crippen molar-refractivity contribution in [2.24, 2.45) is 0 Å². The van der Waals surface area contributed by atoms with Crippen LogP contribution in [0.25, 0.3) is 0 Å². The highest BCUT2D eigenvalue weighted by Gasteiger charge is 2.23. The van der Waals surface area contributed by atoms with E-state index in [4.69, 9.17) is 0 Å². The van der Waals surface area contributed by atoms with Gasteiger partial charge in [-0.25, -0.2) is 13.1 Å². The van der Waals surface area contributed by atoms with E-state index in [9.17, 15) is 13.2 Å². The van der Waals surface area contributed by atoms with Gasteiger partial charge in [-0.05, 0) is 41.9 Å². The molecule has 0 aromatic heterocycles. The minimum atomic E-state index is -3.66. The highest BCUT2D eigenvalue weighted by atomic mass is 32.2. The minimum absolute atomic E-state index is 0.0612. The van der Waals surface area contributed by atoms with Gasteiger partial charge in [-0.2, -0.15) is 0 Å². The van der Waals surface area contributed by atoms with Crippen LogP contribution >= 0.6 is 11.8 Å². The SMILES string of the molecule is CC(=O)N1CCCSc2ccc(S(=O)(=O)NC[C@@H](C)c3ccccc3)cc21. The monoisotopic (exact) mass is 404 g/mol. The molecule has 27 heavy (non-hydrogen) atoms. The Morgan fingerprint density at radius 1 is 1.22 bits per heavy atom. The number of sulfonamides is 1. The first-order valence-electron chi connectivity index (χ1n) is 8.98. The number of anilines is 1. The second-order valence-electron chi connectivity index (χ2n) is 6.67. The van der Waals surface area contributed by atoms with E-state index in [2.05, 4.69) is 4.72 Å². The Morgan fingerprint density at radius 3 is 2.67 bits per heavy atom. The summed E-state index contributed by atoms with van der Waals surface area (Å²) in [5, 5.41) is 0. The van der Waals surface area contributed by atoms with Crippen molar-refractivity contribution in [3.63, 3.8) is 0 Å². The van der Waals surface area contributed by atoms with Gasteiger partial charge in [-0.3, -0.25) is 4.79 Å². The van der Waals surface area contributed by atoms with Crippen molar-refractivity contribution in [2.75, 3.05) is 23.7 Å². The lowest BCUT2D eigenvalue weighted by atomic mass is 10.0. The topological polar surface area (TPSA) is 66.5 Å². The van der Waals surface area contributed by atoms with Gasteiger partial charge in [0.25, 0.3) is 0 Å². The van der Waals surface area contributed by atoms with E-state index in [0.717, 1.165) is 22.6 Å². The van der Waals surface area contributed by atoms with Crippen LogP contribution in [-0.2, 0) is 14.8 Å². The highest BCUT2D eigenvalue weighted by Crippen LogP contribution is 2.35. The Labute approximate surface area is 165 Å². The van der Waals surface area contributed by atoms with Gasteiger partial charge < -0.3 is 4.90 Å². The molecular weight excluding hydrogens is 380 g/mol. The molecule has 0 spiro atoms. The van der Waals surface area contributed by atoms with Crippen LogP contribution < -0.4 is 9.62 Å². The lowest BCUT2D eigenvalue weighted by molar-refractivity contribution is -0.116. The van der Waals surface area contributed by atoms with Crippen LogP contribution in [0.2, 0.25) is 0 Å². The van der Waals surface area contributed by atoms with Crippen LogP contribution in [0.15, 0.2) is 58.3 Å². The molecule has 144 valence electrons. The highest BCUT2D eigenvalue weighted by molar-refractivity contribution is 7.99. The summed E-state index contributed by atoms with van der Waals surface area (Å²) in [4.78, 5) is 14.8. The minimum Gasteiger partial charge on any atom is -0.311 e. The fourth-order valence-corrected chi connectivity index (χ4v) is 5.19. The summed E-state index contributed by atoms with van der Waals surface area (Å²) >= 11 is 1.66. The third-order valence-corrected chi connectivity index (χ3v) is 7.21. The van der Waals surface area contributed by atoms with Gasteiger partial charge in [-0.1, -0.05) is 37.3 Å². The van der Waals surface area contributed by atoms with Gasteiger partial charge in [0, 0.05) is 24.9 Å². The smallest absolute Gasteiger partial charge is 0.240 e. The summed E-state index contributed by atoms with van der Waals surface area (Å²) in [6.07, 6.45) is 0.883. The van der Waals surface area contributed by atoms with Gasteiger partial charge in [0.05, 0.1) is 10.6 Å². The van der Waals surface area contributed by atoms with Crippen LogP contribution in [0.4, 0.5) is 5.69 Å². The third-order valence-electron chi connectivity index (χ3n) is 4.64. The lowest BCUT2D eigenvalue weighted by Crippen LogP contribution is -2.30. The predicted molar refractivity (Wildman–Crippen MR) is 110 cm³/mol. The summed E-state index contributed by atoms with van der Waals surface area (Å²) in [5.41, 5.74) is 1.77. The number of nitrogens with one attached hydrogen (secondary N) is 1. The van der Waals surface area contributed by atoms with Crippen LogP contribution in [-0.4, -0.2) is 33.2 Å². The molecule has 2 aromatic rings. The van der Waals surface area contributed by atoms with E-state index in [1.54, 1.807) is 34.9 Å². The van der Waals surface area contributed by atoms with E-state index in [-0.39, 0.29) is 16.7 Å². The van der Waals surface area contributed by atoms with E-state index in [0.29, 0.717) is 18.8 Å². The quantitative estimate of drug-likeness (QED) is 0.827. The van der Waals surface area contributed by atoms with Crippen molar-refractivity contribution in [1.82, 2.24) is 4.72 Å². The summed E-state index contributed by atoms with van der Waals surface area (Å²) in [6.45, 7) is 4.43. The Morgan fingerprint density at radius 2 is 1.96 bits per heavy atom. The molecule has 1 amide bonds. The molecule has 2 aromatic carbocycles. The fourth-order valence-electron chi connectivity index (χ4n) is 3.07. The molecule has 1 heterocycles. The summed E-state index contributed by atoms with van der Waals surface area (Å²) < 4.78 is 28.3. The molecule has 3 rings (SSSR count). The number of nitrogens with zero attached hydrogens (tertiary/aromatic N) is 1. The van der Waals surface area contributed by atoms with Crippen molar-refractivity contribution in [2.45, 2.75) is 36.0 Å². The maximum Gasteiger partial charge on any atom is 0.240 e. The van der Waals surface area contributed by atoms with E-state index < -0.39 is 10.0 Å². The number of thioether (sulfide) groups is 1. The number of carbonyl (C=O) groups excluding carboxylic acids is 1. The van der Waals surface area contributed by atoms with E-state index in [1.165, 1.54) is 6.92 Å². The molecule has 0 fully saturated rings. The second-order valence-corrected chi connectivity index (χ2v) is 9.57. The maximum absolute atomic E-state index is 12.8. The zero-order chi connectivity index (χ0) is 19.4. The standard InChI is InChI=1S/C20H24N2O3S2/c1-15(17-7-4-3-5-8-17)14-21-27(24,25)18-9-10-20-19(13-18)22(16(2)23)11-6-12-26-20/h3-5,7-10,13,15,21H,6,11-12,14H2,1-2H3/t15-/m1/s1. The van der Waals surface area contributed by atoms with Gasteiger partial charge in [0.2, 0.25) is 15.9 Å². The molecule has 5 nitrogen and oxygen atoms in total. The van der Waals surface area contributed by atoms with Crippen molar-refractivity contribution in [3.05, 3.63) is 54.1 Å². The van der Waals surface area contributed by atoms with Crippen LogP contribution in [0.5, 0.6) is 0 Å². The van der Waals surface area contributed by atoms with Gasteiger partial charge in [0.15, 0.2) is 0 Å². The number of amides is 1. The Kier molecular flexibility index (Phi) is 6.24. The number of hydrogen-bond acceptors (Lipinski definition) is 4. The molecule has 1 N–H and O–H groups in total. The van der Waals surface area contributed by atoms with Crippen LogP contribution in [0, 0.1) is 0 Å².